The molecule has 0 saturated heterocycles. The van der Waals surface area contributed by atoms with Crippen LogP contribution in [-0.4, -0.2) is 11.5 Å². The predicted molar refractivity (Wildman–Crippen MR) is 82.7 cm³/mol. The van der Waals surface area contributed by atoms with Crippen molar-refractivity contribution in [3.63, 3.8) is 0 Å². The van der Waals surface area contributed by atoms with Crippen LogP contribution in [0.1, 0.15) is 25.5 Å². The van der Waals surface area contributed by atoms with Crippen molar-refractivity contribution < 1.29 is 9.66 Å². The van der Waals surface area contributed by atoms with E-state index in [9.17, 15) is 10.1 Å². The van der Waals surface area contributed by atoms with Crippen LogP contribution in [0.4, 0.5) is 11.4 Å². The van der Waals surface area contributed by atoms with Crippen molar-refractivity contribution in [2.45, 2.75) is 19.9 Å². The maximum absolute atomic E-state index is 10.8. The average Bonchev–Trinajstić information content (AvgIpc) is 2.48. The summed E-state index contributed by atoms with van der Waals surface area (Å²) in [5.74, 6) is 0.837. The molecule has 0 aliphatic rings. The van der Waals surface area contributed by atoms with E-state index in [0.29, 0.717) is 6.61 Å². The number of nitrogens with one attached hydrogen (secondary N) is 1. The molecule has 0 amide bonds. The number of non-ortho nitro benzene ring substituents is 1. The van der Waals surface area contributed by atoms with Crippen molar-refractivity contribution in [2.24, 2.45) is 0 Å². The molecule has 21 heavy (non-hydrogen) atoms. The first-order chi connectivity index (χ1) is 10.1. The molecule has 5 heteroatoms. The second-order valence-electron chi connectivity index (χ2n) is 4.68. The van der Waals surface area contributed by atoms with Crippen LogP contribution < -0.4 is 10.1 Å². The first-order valence-corrected chi connectivity index (χ1v) is 6.84. The maximum Gasteiger partial charge on any atom is 0.271 e. The summed E-state index contributed by atoms with van der Waals surface area (Å²) in [6, 6.07) is 14.4. The van der Waals surface area contributed by atoms with Gasteiger partial charge in [0.2, 0.25) is 0 Å². The average molecular weight is 286 g/mol. The first-order valence-electron chi connectivity index (χ1n) is 6.84. The molecule has 0 radical (unpaired) electrons. The summed E-state index contributed by atoms with van der Waals surface area (Å²) < 4.78 is 5.41. The second-order valence-corrected chi connectivity index (χ2v) is 4.68. The van der Waals surface area contributed by atoms with E-state index in [0.717, 1.165) is 17.0 Å². The van der Waals surface area contributed by atoms with Crippen LogP contribution in [0.5, 0.6) is 5.75 Å². The van der Waals surface area contributed by atoms with Gasteiger partial charge < -0.3 is 10.1 Å². The molecular weight excluding hydrogens is 268 g/mol. The van der Waals surface area contributed by atoms with Crippen LogP contribution >= 0.6 is 0 Å². The number of benzene rings is 2. The molecule has 0 aliphatic heterocycles. The van der Waals surface area contributed by atoms with E-state index in [1.165, 1.54) is 12.1 Å². The third kappa shape index (κ3) is 3.95. The van der Waals surface area contributed by atoms with Gasteiger partial charge in [0.1, 0.15) is 5.75 Å². The van der Waals surface area contributed by atoms with E-state index in [4.69, 9.17) is 4.74 Å². The Balaban J connectivity index is 2.08. The van der Waals surface area contributed by atoms with E-state index in [1.807, 2.05) is 44.2 Å². The number of nitro benzene ring substituents is 1. The zero-order valence-electron chi connectivity index (χ0n) is 12.1. The highest BCUT2D eigenvalue weighted by atomic mass is 16.6. The molecule has 2 rings (SSSR count). The summed E-state index contributed by atoms with van der Waals surface area (Å²) in [6.45, 7) is 4.59. The Hall–Kier alpha value is -2.56. The topological polar surface area (TPSA) is 64.4 Å². The zero-order chi connectivity index (χ0) is 15.2. The van der Waals surface area contributed by atoms with Crippen LogP contribution in [-0.2, 0) is 0 Å². The molecule has 0 aliphatic carbocycles. The lowest BCUT2D eigenvalue weighted by molar-refractivity contribution is -0.384. The standard InChI is InChI=1S/C16H18N2O3/c1-3-21-16-9-7-13(8-10-16)12(2)17-14-5-4-6-15(11-14)18(19)20/h4-12,17H,3H2,1-2H3. The Bertz CT molecular complexity index is 611. The molecular formula is C16H18N2O3. The molecule has 1 N–H and O–H groups in total. The molecule has 0 spiro atoms. The van der Waals surface area contributed by atoms with Gasteiger partial charge in [0.25, 0.3) is 5.69 Å². The van der Waals surface area contributed by atoms with E-state index < -0.39 is 4.92 Å². The van der Waals surface area contributed by atoms with Crippen molar-refractivity contribution >= 4 is 11.4 Å². The fourth-order valence-corrected chi connectivity index (χ4v) is 2.06. The van der Waals surface area contributed by atoms with Gasteiger partial charge in [-0.25, -0.2) is 0 Å². The molecule has 0 bridgehead atoms. The summed E-state index contributed by atoms with van der Waals surface area (Å²) in [7, 11) is 0. The molecule has 2 aromatic carbocycles. The Morgan fingerprint density at radius 1 is 1.24 bits per heavy atom. The molecule has 2 aromatic rings. The molecule has 1 atom stereocenters. The maximum atomic E-state index is 10.8. The Morgan fingerprint density at radius 3 is 2.57 bits per heavy atom. The van der Waals surface area contributed by atoms with Crippen molar-refractivity contribution in [1.29, 1.82) is 0 Å². The van der Waals surface area contributed by atoms with E-state index in [-0.39, 0.29) is 11.7 Å². The van der Waals surface area contributed by atoms with E-state index >= 15 is 0 Å². The predicted octanol–water partition coefficient (Wildman–Crippen LogP) is 4.17. The van der Waals surface area contributed by atoms with Crippen LogP contribution in [0.15, 0.2) is 48.5 Å². The molecule has 1 unspecified atom stereocenters. The first kappa shape index (κ1) is 14.8. The van der Waals surface area contributed by atoms with Crippen LogP contribution in [0.25, 0.3) is 0 Å². The summed E-state index contributed by atoms with van der Waals surface area (Å²) in [6.07, 6.45) is 0. The van der Waals surface area contributed by atoms with E-state index in [1.54, 1.807) is 6.07 Å². The smallest absolute Gasteiger partial charge is 0.271 e. The molecule has 110 valence electrons. The third-order valence-electron chi connectivity index (χ3n) is 3.13. The summed E-state index contributed by atoms with van der Waals surface area (Å²) in [5, 5.41) is 14.0. The lowest BCUT2D eigenvalue weighted by atomic mass is 10.1. The largest absolute Gasteiger partial charge is 0.494 e. The van der Waals surface area contributed by atoms with Gasteiger partial charge in [-0.2, -0.15) is 0 Å². The number of rotatable bonds is 6. The van der Waals surface area contributed by atoms with Gasteiger partial charge in [-0.05, 0) is 37.6 Å². The summed E-state index contributed by atoms with van der Waals surface area (Å²) in [4.78, 5) is 10.4. The van der Waals surface area contributed by atoms with Crippen molar-refractivity contribution in [3.8, 4) is 5.75 Å². The van der Waals surface area contributed by atoms with Gasteiger partial charge in [-0.1, -0.05) is 18.2 Å². The van der Waals surface area contributed by atoms with Crippen LogP contribution in [0.3, 0.4) is 0 Å². The minimum Gasteiger partial charge on any atom is -0.494 e. The van der Waals surface area contributed by atoms with Crippen LogP contribution in [0.2, 0.25) is 0 Å². The van der Waals surface area contributed by atoms with Crippen molar-refractivity contribution in [2.75, 3.05) is 11.9 Å². The quantitative estimate of drug-likeness (QED) is 0.639. The van der Waals surface area contributed by atoms with Crippen molar-refractivity contribution in [1.82, 2.24) is 0 Å². The van der Waals surface area contributed by atoms with Crippen molar-refractivity contribution in [3.05, 3.63) is 64.2 Å². The highest BCUT2D eigenvalue weighted by Crippen LogP contribution is 2.24. The van der Waals surface area contributed by atoms with Gasteiger partial charge in [0.15, 0.2) is 0 Å². The lowest BCUT2D eigenvalue weighted by Crippen LogP contribution is -2.06. The summed E-state index contributed by atoms with van der Waals surface area (Å²) >= 11 is 0. The number of nitrogens with zero attached hydrogens (tertiary/aromatic N) is 1. The Kier molecular flexibility index (Phi) is 4.77. The lowest BCUT2D eigenvalue weighted by Gasteiger charge is -2.16. The molecule has 0 saturated carbocycles. The molecule has 0 heterocycles. The minimum absolute atomic E-state index is 0.0441. The third-order valence-corrected chi connectivity index (χ3v) is 3.13. The number of anilines is 1. The molecule has 5 nitrogen and oxygen atoms in total. The fourth-order valence-electron chi connectivity index (χ4n) is 2.06. The Morgan fingerprint density at radius 2 is 1.95 bits per heavy atom. The molecule has 0 aromatic heterocycles. The number of hydrogen-bond donors (Lipinski definition) is 1. The van der Waals surface area contributed by atoms with Crippen LogP contribution in [0, 0.1) is 10.1 Å². The van der Waals surface area contributed by atoms with Gasteiger partial charge in [0.05, 0.1) is 11.5 Å². The molecule has 0 fully saturated rings. The second kappa shape index (κ2) is 6.74. The van der Waals surface area contributed by atoms with Gasteiger partial charge in [-0.3, -0.25) is 10.1 Å². The highest BCUT2D eigenvalue weighted by Gasteiger charge is 2.09. The van der Waals surface area contributed by atoms with Gasteiger partial charge in [0, 0.05) is 23.9 Å². The Labute approximate surface area is 123 Å². The minimum atomic E-state index is -0.396. The monoisotopic (exact) mass is 286 g/mol. The summed E-state index contributed by atoms with van der Waals surface area (Å²) in [5.41, 5.74) is 1.90. The number of hydrogen-bond acceptors (Lipinski definition) is 4. The number of ether oxygens (including phenoxy) is 1. The normalized spacial score (nSPS) is 11.7. The van der Waals surface area contributed by atoms with Gasteiger partial charge in [-0.15, -0.1) is 0 Å². The SMILES string of the molecule is CCOc1ccc(C(C)Nc2cccc([N+](=O)[O-])c2)cc1. The number of nitro groups is 1. The highest BCUT2D eigenvalue weighted by molar-refractivity contribution is 5.52. The fraction of sp³-hybridized carbons (Fsp3) is 0.250. The van der Waals surface area contributed by atoms with E-state index in [2.05, 4.69) is 5.32 Å². The van der Waals surface area contributed by atoms with Gasteiger partial charge >= 0.3 is 0 Å². The zero-order valence-corrected chi connectivity index (χ0v) is 12.1.